The minimum absolute atomic E-state index is 0.258. The molecule has 0 radical (unpaired) electrons. The Hall–Kier alpha value is -3.60. The second-order valence-electron chi connectivity index (χ2n) is 6.15. The van der Waals surface area contributed by atoms with Crippen molar-refractivity contribution in [1.29, 1.82) is 0 Å². The lowest BCUT2D eigenvalue weighted by molar-refractivity contribution is 0.628. The van der Waals surface area contributed by atoms with Crippen LogP contribution in [0.25, 0.3) is 22.4 Å². The molecule has 5 heteroatoms. The van der Waals surface area contributed by atoms with Gasteiger partial charge >= 0.3 is 0 Å². The summed E-state index contributed by atoms with van der Waals surface area (Å²) in [6.07, 6.45) is 3.52. The molecule has 0 aliphatic rings. The summed E-state index contributed by atoms with van der Waals surface area (Å²) in [6.45, 7) is 1.86. The summed E-state index contributed by atoms with van der Waals surface area (Å²) in [4.78, 5) is 13.3. The molecule has 0 amide bonds. The van der Waals surface area contributed by atoms with Gasteiger partial charge in [0.05, 0.1) is 5.69 Å². The number of hydrogen-bond acceptors (Lipinski definition) is 4. The second-order valence-corrected chi connectivity index (χ2v) is 6.15. The van der Waals surface area contributed by atoms with Gasteiger partial charge in [-0.3, -0.25) is 4.98 Å². The number of rotatable bonds is 4. The molecule has 1 N–H and O–H groups in total. The van der Waals surface area contributed by atoms with Gasteiger partial charge in [0.15, 0.2) is 0 Å². The van der Waals surface area contributed by atoms with Gasteiger partial charge in [-0.05, 0) is 42.8 Å². The summed E-state index contributed by atoms with van der Waals surface area (Å²) < 4.78 is 13.2. The molecule has 4 aromatic rings. The van der Waals surface area contributed by atoms with E-state index in [1.165, 1.54) is 12.1 Å². The topological polar surface area (TPSA) is 50.7 Å². The Labute approximate surface area is 156 Å². The minimum atomic E-state index is -0.258. The molecule has 0 spiro atoms. The van der Waals surface area contributed by atoms with E-state index in [1.54, 1.807) is 24.5 Å². The fourth-order valence-corrected chi connectivity index (χ4v) is 2.83. The highest BCUT2D eigenvalue weighted by Crippen LogP contribution is 2.26. The van der Waals surface area contributed by atoms with Crippen LogP contribution in [0.2, 0.25) is 0 Å². The molecule has 4 rings (SSSR count). The van der Waals surface area contributed by atoms with E-state index in [0.29, 0.717) is 5.82 Å². The van der Waals surface area contributed by atoms with E-state index in [9.17, 15) is 4.39 Å². The zero-order valence-corrected chi connectivity index (χ0v) is 14.7. The molecule has 0 fully saturated rings. The monoisotopic (exact) mass is 356 g/mol. The van der Waals surface area contributed by atoms with Crippen molar-refractivity contribution in [3.8, 4) is 22.4 Å². The number of nitrogens with one attached hydrogen (secondary N) is 1. The van der Waals surface area contributed by atoms with Crippen LogP contribution in [0.3, 0.4) is 0 Å². The lowest BCUT2D eigenvalue weighted by Crippen LogP contribution is -1.99. The van der Waals surface area contributed by atoms with E-state index in [-0.39, 0.29) is 5.82 Å². The number of hydrogen-bond donors (Lipinski definition) is 1. The van der Waals surface area contributed by atoms with Crippen molar-refractivity contribution < 1.29 is 4.39 Å². The normalized spacial score (nSPS) is 10.6. The first-order chi connectivity index (χ1) is 13.2. The van der Waals surface area contributed by atoms with E-state index < -0.39 is 0 Å². The summed E-state index contributed by atoms with van der Waals surface area (Å²) in [5.41, 5.74) is 4.41. The summed E-state index contributed by atoms with van der Waals surface area (Å²) in [6, 6.07) is 20.1. The standard InChI is InChI=1S/C22H17FN4/c1-15-25-21(12-22(26-15)27-20-5-3-2-4-6-20)18-11-17(13-24-14-18)16-7-9-19(23)10-8-16/h2-14H,1H3,(H,25,26,27). The first-order valence-corrected chi connectivity index (χ1v) is 8.56. The van der Waals surface area contributed by atoms with Crippen molar-refractivity contribution in [3.63, 3.8) is 0 Å². The Morgan fingerprint density at radius 3 is 2.30 bits per heavy atom. The van der Waals surface area contributed by atoms with Crippen LogP contribution in [-0.4, -0.2) is 15.0 Å². The predicted molar refractivity (Wildman–Crippen MR) is 105 cm³/mol. The Morgan fingerprint density at radius 2 is 1.52 bits per heavy atom. The zero-order chi connectivity index (χ0) is 18.6. The van der Waals surface area contributed by atoms with Crippen molar-refractivity contribution in [3.05, 3.63) is 90.8 Å². The van der Waals surface area contributed by atoms with Crippen LogP contribution in [0, 0.1) is 12.7 Å². The highest BCUT2D eigenvalue weighted by atomic mass is 19.1. The fourth-order valence-electron chi connectivity index (χ4n) is 2.83. The van der Waals surface area contributed by atoms with Gasteiger partial charge in [-0.1, -0.05) is 30.3 Å². The lowest BCUT2D eigenvalue weighted by Gasteiger charge is -2.09. The molecule has 0 aliphatic carbocycles. The van der Waals surface area contributed by atoms with Gasteiger partial charge < -0.3 is 5.32 Å². The van der Waals surface area contributed by atoms with Crippen LogP contribution in [0.15, 0.2) is 79.1 Å². The Bertz CT molecular complexity index is 1060. The zero-order valence-electron chi connectivity index (χ0n) is 14.7. The largest absolute Gasteiger partial charge is 0.340 e. The van der Waals surface area contributed by atoms with Crippen LogP contribution in [0.4, 0.5) is 15.9 Å². The Balaban J connectivity index is 1.69. The number of halogens is 1. The maximum Gasteiger partial charge on any atom is 0.134 e. The van der Waals surface area contributed by atoms with Crippen molar-refractivity contribution in [2.24, 2.45) is 0 Å². The average Bonchev–Trinajstić information content (AvgIpc) is 2.69. The number of benzene rings is 2. The van der Waals surface area contributed by atoms with Gasteiger partial charge in [0.1, 0.15) is 17.5 Å². The SMILES string of the molecule is Cc1nc(Nc2ccccc2)cc(-c2cncc(-c3ccc(F)cc3)c2)n1. The molecule has 4 nitrogen and oxygen atoms in total. The number of aryl methyl sites for hydroxylation is 1. The molecular formula is C22H17FN4. The van der Waals surface area contributed by atoms with Crippen LogP contribution >= 0.6 is 0 Å². The third-order valence-corrected chi connectivity index (χ3v) is 4.10. The van der Waals surface area contributed by atoms with E-state index in [2.05, 4.69) is 20.3 Å². The first-order valence-electron chi connectivity index (χ1n) is 8.56. The smallest absolute Gasteiger partial charge is 0.134 e. The van der Waals surface area contributed by atoms with Crippen LogP contribution in [0.1, 0.15) is 5.82 Å². The molecule has 2 heterocycles. The molecule has 0 saturated heterocycles. The average molecular weight is 356 g/mol. The molecule has 2 aromatic heterocycles. The first kappa shape index (κ1) is 16.8. The van der Waals surface area contributed by atoms with Gasteiger partial charge in [-0.15, -0.1) is 0 Å². The molecule has 27 heavy (non-hydrogen) atoms. The van der Waals surface area contributed by atoms with E-state index in [1.807, 2.05) is 49.4 Å². The molecule has 0 bridgehead atoms. The van der Waals surface area contributed by atoms with Crippen LogP contribution < -0.4 is 5.32 Å². The van der Waals surface area contributed by atoms with E-state index in [4.69, 9.17) is 0 Å². The molecule has 0 unspecified atom stereocenters. The maximum atomic E-state index is 13.2. The number of nitrogens with zero attached hydrogens (tertiary/aromatic N) is 3. The fraction of sp³-hybridized carbons (Fsp3) is 0.0455. The molecular weight excluding hydrogens is 339 g/mol. The minimum Gasteiger partial charge on any atom is -0.340 e. The molecule has 0 saturated carbocycles. The van der Waals surface area contributed by atoms with E-state index in [0.717, 1.165) is 33.9 Å². The summed E-state index contributed by atoms with van der Waals surface area (Å²) in [5.74, 6) is 1.12. The van der Waals surface area contributed by atoms with Crippen molar-refractivity contribution in [1.82, 2.24) is 15.0 Å². The van der Waals surface area contributed by atoms with Gasteiger partial charge in [0.25, 0.3) is 0 Å². The second kappa shape index (κ2) is 7.33. The molecule has 0 aliphatic heterocycles. The van der Waals surface area contributed by atoms with E-state index >= 15 is 0 Å². The van der Waals surface area contributed by atoms with Gasteiger partial charge in [-0.2, -0.15) is 0 Å². The van der Waals surface area contributed by atoms with Crippen molar-refractivity contribution >= 4 is 11.5 Å². The number of anilines is 2. The summed E-state index contributed by atoms with van der Waals surface area (Å²) >= 11 is 0. The Kier molecular flexibility index (Phi) is 4.58. The van der Waals surface area contributed by atoms with Gasteiger partial charge in [-0.25, -0.2) is 14.4 Å². The number of pyridine rings is 1. The van der Waals surface area contributed by atoms with Gasteiger partial charge in [0, 0.05) is 35.3 Å². The van der Waals surface area contributed by atoms with Crippen molar-refractivity contribution in [2.75, 3.05) is 5.32 Å². The summed E-state index contributed by atoms with van der Waals surface area (Å²) in [5, 5.41) is 3.29. The van der Waals surface area contributed by atoms with Gasteiger partial charge in [0.2, 0.25) is 0 Å². The quantitative estimate of drug-likeness (QED) is 0.532. The van der Waals surface area contributed by atoms with Crippen LogP contribution in [0.5, 0.6) is 0 Å². The Morgan fingerprint density at radius 1 is 0.778 bits per heavy atom. The summed E-state index contributed by atoms with van der Waals surface area (Å²) in [7, 11) is 0. The predicted octanol–water partition coefficient (Wildman–Crippen LogP) is 5.40. The third kappa shape index (κ3) is 3.98. The maximum absolute atomic E-state index is 13.2. The number of para-hydroxylation sites is 1. The highest BCUT2D eigenvalue weighted by Gasteiger charge is 2.08. The highest BCUT2D eigenvalue weighted by molar-refractivity contribution is 5.71. The molecule has 2 aromatic carbocycles. The molecule has 132 valence electrons. The lowest BCUT2D eigenvalue weighted by atomic mass is 10.0. The molecule has 0 atom stereocenters. The van der Waals surface area contributed by atoms with Crippen LogP contribution in [-0.2, 0) is 0 Å². The number of aromatic nitrogens is 3. The third-order valence-electron chi connectivity index (χ3n) is 4.10. The van der Waals surface area contributed by atoms with Crippen molar-refractivity contribution in [2.45, 2.75) is 6.92 Å².